The molecule has 0 bridgehead atoms. The average molecular weight is 566 g/mol. The molecule has 41 heavy (non-hydrogen) atoms. The van der Waals surface area contributed by atoms with Crippen molar-refractivity contribution in [2.24, 2.45) is 5.92 Å². The number of hydrogen-bond donors (Lipinski definition) is 3. The highest BCUT2D eigenvalue weighted by Gasteiger charge is 2.46. The first-order chi connectivity index (χ1) is 19.8. The van der Waals surface area contributed by atoms with E-state index in [0.29, 0.717) is 26.1 Å². The second-order valence-corrected chi connectivity index (χ2v) is 12.4. The minimum Gasteiger partial charge on any atom is -0.493 e. The first kappa shape index (κ1) is 29.6. The Balaban J connectivity index is 1.43. The minimum atomic E-state index is -0.646. The maximum Gasteiger partial charge on any atom is 0.246 e. The number of fused-ring (bicyclic) bond motifs is 2. The van der Waals surface area contributed by atoms with Gasteiger partial charge in [-0.05, 0) is 59.1 Å². The van der Waals surface area contributed by atoms with E-state index in [-0.39, 0.29) is 41.8 Å². The van der Waals surface area contributed by atoms with E-state index in [0.717, 1.165) is 49.8 Å². The molecular formula is C32H47N5O4. The molecule has 1 saturated carbocycles. The molecule has 0 spiro atoms. The van der Waals surface area contributed by atoms with E-state index in [9.17, 15) is 14.4 Å². The van der Waals surface area contributed by atoms with Gasteiger partial charge in [0.2, 0.25) is 17.7 Å². The van der Waals surface area contributed by atoms with Gasteiger partial charge in [0.15, 0.2) is 0 Å². The van der Waals surface area contributed by atoms with Crippen LogP contribution in [0.3, 0.4) is 0 Å². The average Bonchev–Trinajstić information content (AvgIpc) is 2.99. The molecule has 6 atom stereocenters. The highest BCUT2D eigenvalue weighted by atomic mass is 16.5. The third-order valence-corrected chi connectivity index (χ3v) is 9.61. The highest BCUT2D eigenvalue weighted by molar-refractivity contribution is 5.93. The zero-order valence-corrected chi connectivity index (χ0v) is 25.0. The van der Waals surface area contributed by atoms with E-state index < -0.39 is 18.1 Å². The van der Waals surface area contributed by atoms with Gasteiger partial charge in [-0.2, -0.15) is 0 Å². The number of carbonyl (C=O) groups excluding carboxylic acids is 3. The van der Waals surface area contributed by atoms with Crippen molar-refractivity contribution in [3.63, 3.8) is 0 Å². The molecule has 1 aromatic rings. The molecule has 224 valence electrons. The van der Waals surface area contributed by atoms with E-state index >= 15 is 0 Å². The van der Waals surface area contributed by atoms with Crippen LogP contribution < -0.4 is 20.7 Å². The summed E-state index contributed by atoms with van der Waals surface area (Å²) in [6.45, 7) is 7.58. The molecule has 1 aliphatic carbocycles. The standard InChI is InChI=1S/C32H47N5O4/c1-20-16-21(2)36-19-27(31(39)34-26-14-15-41-28-13-9-8-12-25(26)28)37(18-24(36)17-20)32(40)29(23-10-6-5-7-11-23)35-30(38)22(3)33-4/h8-9,12-13,16,21-24,26-27,29,33H,5-7,10-11,14-15,17-19H2,1-4H3,(H,34,39)(H,35,38)/t21?,22-,24+,26+,27-,29?/m0/s1. The summed E-state index contributed by atoms with van der Waals surface area (Å²) in [6.07, 6.45) is 8.88. The van der Waals surface area contributed by atoms with E-state index in [1.807, 2.05) is 24.3 Å². The fraction of sp³-hybridized carbons (Fsp3) is 0.656. The van der Waals surface area contributed by atoms with Crippen molar-refractivity contribution < 1.29 is 19.1 Å². The van der Waals surface area contributed by atoms with Crippen LogP contribution >= 0.6 is 0 Å². The minimum absolute atomic E-state index is 0.0697. The molecule has 3 amide bonds. The summed E-state index contributed by atoms with van der Waals surface area (Å²) in [7, 11) is 1.75. The number of para-hydroxylation sites is 1. The van der Waals surface area contributed by atoms with Crippen LogP contribution in [0.4, 0.5) is 0 Å². The highest BCUT2D eigenvalue weighted by Crippen LogP contribution is 2.34. The van der Waals surface area contributed by atoms with Gasteiger partial charge in [-0.1, -0.05) is 49.1 Å². The largest absolute Gasteiger partial charge is 0.493 e. The number of likely N-dealkylation sites (N-methyl/N-ethyl adjacent to an activating group) is 1. The second-order valence-electron chi connectivity index (χ2n) is 12.4. The molecule has 4 aliphatic rings. The normalized spacial score (nSPS) is 28.3. The van der Waals surface area contributed by atoms with Crippen LogP contribution in [0.1, 0.15) is 77.3 Å². The monoisotopic (exact) mass is 565 g/mol. The van der Waals surface area contributed by atoms with Crippen molar-refractivity contribution in [1.29, 1.82) is 0 Å². The summed E-state index contributed by atoms with van der Waals surface area (Å²) in [5.41, 5.74) is 2.28. The van der Waals surface area contributed by atoms with Crippen molar-refractivity contribution in [3.05, 3.63) is 41.5 Å². The summed E-state index contributed by atoms with van der Waals surface area (Å²) in [6, 6.07) is 6.29. The molecule has 1 aromatic carbocycles. The predicted molar refractivity (Wildman–Crippen MR) is 158 cm³/mol. The molecule has 2 unspecified atom stereocenters. The molecule has 9 heteroatoms. The van der Waals surface area contributed by atoms with Gasteiger partial charge in [0.1, 0.15) is 17.8 Å². The number of rotatable bonds is 7. The molecule has 5 rings (SSSR count). The Bertz CT molecular complexity index is 1150. The lowest BCUT2D eigenvalue weighted by molar-refractivity contribution is -0.151. The first-order valence-corrected chi connectivity index (χ1v) is 15.5. The molecule has 3 N–H and O–H groups in total. The molecule has 9 nitrogen and oxygen atoms in total. The van der Waals surface area contributed by atoms with Crippen LogP contribution in [0, 0.1) is 5.92 Å². The molecule has 0 radical (unpaired) electrons. The SMILES string of the molecule is CN[C@@H](C)C(=O)NC(C(=O)N1C[C@H]2CC(C)=CC(C)N2C[C@H]1C(=O)N[C@@H]1CCOc2ccccc21)C1CCCCC1. The maximum atomic E-state index is 14.5. The Labute approximate surface area is 244 Å². The number of nitrogens with zero attached hydrogens (tertiary/aromatic N) is 2. The summed E-state index contributed by atoms with van der Waals surface area (Å²) in [5.74, 6) is 0.416. The molecule has 1 saturated heterocycles. The van der Waals surface area contributed by atoms with Crippen molar-refractivity contribution in [3.8, 4) is 5.75 Å². The van der Waals surface area contributed by atoms with Crippen molar-refractivity contribution in [1.82, 2.24) is 25.8 Å². The van der Waals surface area contributed by atoms with Gasteiger partial charge in [-0.15, -0.1) is 0 Å². The number of hydrogen-bond acceptors (Lipinski definition) is 6. The molecular weight excluding hydrogens is 518 g/mol. The van der Waals surface area contributed by atoms with Crippen molar-refractivity contribution in [2.75, 3.05) is 26.7 Å². The number of ether oxygens (including phenoxy) is 1. The summed E-state index contributed by atoms with van der Waals surface area (Å²) in [5, 5.41) is 9.39. The fourth-order valence-corrected chi connectivity index (χ4v) is 7.20. The van der Waals surface area contributed by atoms with Crippen LogP contribution in [0.5, 0.6) is 5.75 Å². The number of nitrogens with one attached hydrogen (secondary N) is 3. The smallest absolute Gasteiger partial charge is 0.246 e. The van der Waals surface area contributed by atoms with Crippen LogP contribution in [-0.4, -0.2) is 84.5 Å². The molecule has 3 aliphatic heterocycles. The Morgan fingerprint density at radius 1 is 1.05 bits per heavy atom. The van der Waals surface area contributed by atoms with Gasteiger partial charge < -0.3 is 25.6 Å². The lowest BCUT2D eigenvalue weighted by Gasteiger charge is -2.50. The van der Waals surface area contributed by atoms with Gasteiger partial charge in [0, 0.05) is 37.2 Å². The Hall–Kier alpha value is -2.91. The van der Waals surface area contributed by atoms with Gasteiger partial charge in [0.25, 0.3) is 0 Å². The van der Waals surface area contributed by atoms with E-state index in [1.165, 1.54) is 5.57 Å². The molecule has 2 fully saturated rings. The van der Waals surface area contributed by atoms with Crippen molar-refractivity contribution >= 4 is 17.7 Å². The zero-order chi connectivity index (χ0) is 29.1. The van der Waals surface area contributed by atoms with Gasteiger partial charge in [0.05, 0.1) is 18.7 Å². The fourth-order valence-electron chi connectivity index (χ4n) is 7.20. The van der Waals surface area contributed by atoms with Crippen molar-refractivity contribution in [2.45, 2.75) is 102 Å². The van der Waals surface area contributed by atoms with E-state index in [1.54, 1.807) is 18.9 Å². The number of amides is 3. The topological polar surface area (TPSA) is 103 Å². The molecule has 0 aromatic heterocycles. The Morgan fingerprint density at radius 3 is 2.56 bits per heavy atom. The molecule has 3 heterocycles. The van der Waals surface area contributed by atoms with E-state index in [2.05, 4.69) is 40.8 Å². The summed E-state index contributed by atoms with van der Waals surface area (Å²) in [4.78, 5) is 45.9. The van der Waals surface area contributed by atoms with Crippen LogP contribution in [0.2, 0.25) is 0 Å². The lowest BCUT2D eigenvalue weighted by atomic mass is 9.82. The number of benzene rings is 1. The zero-order valence-electron chi connectivity index (χ0n) is 25.0. The summed E-state index contributed by atoms with van der Waals surface area (Å²) >= 11 is 0. The predicted octanol–water partition coefficient (Wildman–Crippen LogP) is 2.92. The van der Waals surface area contributed by atoms with Crippen LogP contribution in [-0.2, 0) is 14.4 Å². The van der Waals surface area contributed by atoms with Crippen LogP contribution in [0.25, 0.3) is 0 Å². The van der Waals surface area contributed by atoms with E-state index in [4.69, 9.17) is 4.74 Å². The second kappa shape index (κ2) is 12.9. The first-order valence-electron chi connectivity index (χ1n) is 15.5. The number of carbonyl (C=O) groups is 3. The van der Waals surface area contributed by atoms with Gasteiger partial charge in [-0.3, -0.25) is 19.3 Å². The number of piperazine rings is 1. The quantitative estimate of drug-likeness (QED) is 0.440. The third-order valence-electron chi connectivity index (χ3n) is 9.61. The Morgan fingerprint density at radius 2 is 1.80 bits per heavy atom. The Kier molecular flexibility index (Phi) is 9.34. The lowest BCUT2D eigenvalue weighted by Crippen LogP contribution is -2.69. The van der Waals surface area contributed by atoms with Crippen LogP contribution in [0.15, 0.2) is 35.9 Å². The van der Waals surface area contributed by atoms with Gasteiger partial charge in [-0.25, -0.2) is 0 Å². The van der Waals surface area contributed by atoms with Gasteiger partial charge >= 0.3 is 0 Å². The maximum absolute atomic E-state index is 14.5. The third kappa shape index (κ3) is 6.46. The summed E-state index contributed by atoms with van der Waals surface area (Å²) < 4.78 is 5.82.